The molecule has 0 bridgehead atoms. The molecule has 2 heterocycles. The van der Waals surface area contributed by atoms with Gasteiger partial charge in [-0.15, -0.1) is 0 Å². The van der Waals surface area contributed by atoms with Gasteiger partial charge >= 0.3 is 0 Å². The van der Waals surface area contributed by atoms with Crippen molar-refractivity contribution in [1.82, 2.24) is 10.2 Å². The number of amides is 2. The average Bonchev–Trinajstić information content (AvgIpc) is 3.36. The third kappa shape index (κ3) is 5.45. The van der Waals surface area contributed by atoms with E-state index in [-0.39, 0.29) is 33.9 Å². The highest BCUT2D eigenvalue weighted by atomic mass is 32.2. The van der Waals surface area contributed by atoms with Crippen LogP contribution in [0.5, 0.6) is 0 Å². The van der Waals surface area contributed by atoms with Gasteiger partial charge in [0.25, 0.3) is 15.9 Å². The summed E-state index contributed by atoms with van der Waals surface area (Å²) in [5.74, 6) is -0.512. The van der Waals surface area contributed by atoms with Gasteiger partial charge in [0.05, 0.1) is 29.0 Å². The number of carbonyl (C=O) groups is 2. The van der Waals surface area contributed by atoms with E-state index in [1.54, 1.807) is 41.5 Å². The smallest absolute Gasteiger partial charge is 0.261 e. The van der Waals surface area contributed by atoms with Gasteiger partial charge in [-0.25, -0.2) is 12.8 Å². The number of halogens is 1. The minimum atomic E-state index is -4.01. The summed E-state index contributed by atoms with van der Waals surface area (Å²) in [5.41, 5.74) is 0.337. The van der Waals surface area contributed by atoms with Crippen LogP contribution in [0, 0.1) is 11.7 Å². The minimum Gasteiger partial charge on any atom is -0.467 e. The van der Waals surface area contributed by atoms with Crippen LogP contribution in [0.15, 0.2) is 76.2 Å². The highest BCUT2D eigenvalue weighted by molar-refractivity contribution is 7.92. The second kappa shape index (κ2) is 10.1. The van der Waals surface area contributed by atoms with Gasteiger partial charge in [0.1, 0.15) is 11.6 Å². The summed E-state index contributed by atoms with van der Waals surface area (Å²) >= 11 is 0. The van der Waals surface area contributed by atoms with Crippen LogP contribution in [0.25, 0.3) is 0 Å². The van der Waals surface area contributed by atoms with E-state index in [9.17, 15) is 22.4 Å². The van der Waals surface area contributed by atoms with Crippen LogP contribution in [0.4, 0.5) is 10.1 Å². The third-order valence-corrected chi connectivity index (χ3v) is 7.08. The van der Waals surface area contributed by atoms with Crippen molar-refractivity contribution in [3.8, 4) is 0 Å². The SMILES string of the molecule is O=C(NCc1ccco1)C1CCN(C(=O)c2ccccc2NS(=O)(=O)c2ccc(F)cc2)CC1. The molecule has 34 heavy (non-hydrogen) atoms. The molecule has 8 nitrogen and oxygen atoms in total. The van der Waals surface area contributed by atoms with E-state index < -0.39 is 15.8 Å². The van der Waals surface area contributed by atoms with E-state index in [1.807, 2.05) is 0 Å². The van der Waals surface area contributed by atoms with E-state index >= 15 is 0 Å². The predicted molar refractivity (Wildman–Crippen MR) is 123 cm³/mol. The topological polar surface area (TPSA) is 109 Å². The van der Waals surface area contributed by atoms with Gasteiger partial charge in [0.15, 0.2) is 0 Å². The number of hydrogen-bond donors (Lipinski definition) is 2. The molecule has 1 aliphatic heterocycles. The standard InChI is InChI=1S/C24H24FN3O5S/c25-18-7-9-20(10-8-18)34(31,32)27-22-6-2-1-5-21(22)24(30)28-13-11-17(12-14-28)23(29)26-16-19-4-3-15-33-19/h1-10,15,17,27H,11-14,16H2,(H,26,29). The number of nitrogens with zero attached hydrogens (tertiary/aromatic N) is 1. The Balaban J connectivity index is 1.39. The summed E-state index contributed by atoms with van der Waals surface area (Å²) in [6.45, 7) is 1.06. The Kier molecular flexibility index (Phi) is 6.97. The molecule has 0 saturated carbocycles. The van der Waals surface area contributed by atoms with Crippen LogP contribution in [0.1, 0.15) is 29.0 Å². The Hall–Kier alpha value is -3.66. The molecular formula is C24H24FN3O5S. The number of furan rings is 1. The van der Waals surface area contributed by atoms with Crippen molar-refractivity contribution in [3.63, 3.8) is 0 Å². The molecule has 0 spiro atoms. The maximum atomic E-state index is 13.2. The lowest BCUT2D eigenvalue weighted by Crippen LogP contribution is -2.43. The largest absolute Gasteiger partial charge is 0.467 e. The van der Waals surface area contributed by atoms with Crippen molar-refractivity contribution in [3.05, 3.63) is 84.1 Å². The number of anilines is 1. The summed E-state index contributed by atoms with van der Waals surface area (Å²) in [6.07, 6.45) is 2.54. The van der Waals surface area contributed by atoms with E-state index in [0.717, 1.165) is 24.3 Å². The first kappa shape index (κ1) is 23.5. The molecule has 178 valence electrons. The molecule has 1 saturated heterocycles. The van der Waals surface area contributed by atoms with Crippen LogP contribution in [0.3, 0.4) is 0 Å². The first-order valence-corrected chi connectivity index (χ1v) is 12.3. The minimum absolute atomic E-state index is 0.0871. The fourth-order valence-electron chi connectivity index (χ4n) is 3.82. The van der Waals surface area contributed by atoms with Gasteiger partial charge in [0, 0.05) is 19.0 Å². The Labute approximate surface area is 196 Å². The Morgan fingerprint density at radius 2 is 1.71 bits per heavy atom. The maximum Gasteiger partial charge on any atom is 0.261 e. The Morgan fingerprint density at radius 1 is 1.00 bits per heavy atom. The number of likely N-dealkylation sites (tertiary alicyclic amines) is 1. The molecule has 0 unspecified atom stereocenters. The second-order valence-electron chi connectivity index (χ2n) is 7.97. The first-order valence-electron chi connectivity index (χ1n) is 10.8. The van der Waals surface area contributed by atoms with Crippen LogP contribution in [0.2, 0.25) is 0 Å². The first-order chi connectivity index (χ1) is 16.3. The van der Waals surface area contributed by atoms with Gasteiger partial charge in [0.2, 0.25) is 5.91 Å². The average molecular weight is 486 g/mol. The zero-order chi connectivity index (χ0) is 24.1. The summed E-state index contributed by atoms with van der Waals surface area (Å²) < 4.78 is 46.2. The van der Waals surface area contributed by atoms with Crippen molar-refractivity contribution >= 4 is 27.5 Å². The summed E-state index contributed by atoms with van der Waals surface area (Å²) in [7, 11) is -4.01. The normalized spacial score (nSPS) is 14.6. The fraction of sp³-hybridized carbons (Fsp3) is 0.250. The van der Waals surface area contributed by atoms with Gasteiger partial charge in [-0.1, -0.05) is 12.1 Å². The van der Waals surface area contributed by atoms with E-state index in [0.29, 0.717) is 38.2 Å². The number of sulfonamides is 1. The lowest BCUT2D eigenvalue weighted by molar-refractivity contribution is -0.126. The number of nitrogens with one attached hydrogen (secondary N) is 2. The second-order valence-corrected chi connectivity index (χ2v) is 9.65. The van der Waals surface area contributed by atoms with Gasteiger partial charge in [-0.3, -0.25) is 14.3 Å². The number of piperidine rings is 1. The monoisotopic (exact) mass is 485 g/mol. The van der Waals surface area contributed by atoms with Crippen LogP contribution < -0.4 is 10.0 Å². The van der Waals surface area contributed by atoms with Crippen molar-refractivity contribution in [2.75, 3.05) is 17.8 Å². The number of benzene rings is 2. The van der Waals surface area contributed by atoms with Gasteiger partial charge in [-0.2, -0.15) is 0 Å². The van der Waals surface area contributed by atoms with Crippen molar-refractivity contribution in [2.45, 2.75) is 24.3 Å². The van der Waals surface area contributed by atoms with Crippen molar-refractivity contribution in [2.24, 2.45) is 5.92 Å². The molecular weight excluding hydrogens is 461 g/mol. The molecule has 10 heteroatoms. The van der Waals surface area contributed by atoms with Crippen LogP contribution in [-0.4, -0.2) is 38.2 Å². The zero-order valence-electron chi connectivity index (χ0n) is 18.2. The van der Waals surface area contributed by atoms with Gasteiger partial charge < -0.3 is 14.6 Å². The number of para-hydroxylation sites is 1. The lowest BCUT2D eigenvalue weighted by Gasteiger charge is -2.31. The molecule has 3 aromatic rings. The molecule has 2 amide bonds. The molecule has 2 aromatic carbocycles. The number of hydrogen-bond acceptors (Lipinski definition) is 5. The lowest BCUT2D eigenvalue weighted by atomic mass is 9.95. The third-order valence-electron chi connectivity index (χ3n) is 5.70. The zero-order valence-corrected chi connectivity index (χ0v) is 19.1. The van der Waals surface area contributed by atoms with E-state index in [4.69, 9.17) is 4.42 Å². The number of carbonyl (C=O) groups excluding carboxylic acids is 2. The van der Waals surface area contributed by atoms with Gasteiger partial charge in [-0.05, 0) is 61.4 Å². The maximum absolute atomic E-state index is 13.2. The molecule has 1 aliphatic rings. The molecule has 4 rings (SSSR count). The van der Waals surface area contributed by atoms with Crippen molar-refractivity contribution < 1.29 is 26.8 Å². The van der Waals surface area contributed by atoms with E-state index in [2.05, 4.69) is 10.0 Å². The fourth-order valence-corrected chi connectivity index (χ4v) is 4.90. The molecule has 1 fully saturated rings. The molecule has 1 aromatic heterocycles. The summed E-state index contributed by atoms with van der Waals surface area (Å²) in [5, 5.41) is 2.85. The molecule has 2 N–H and O–H groups in total. The van der Waals surface area contributed by atoms with Crippen LogP contribution in [-0.2, 0) is 21.4 Å². The Morgan fingerprint density at radius 3 is 2.38 bits per heavy atom. The molecule has 0 atom stereocenters. The summed E-state index contributed by atoms with van der Waals surface area (Å²) in [4.78, 5) is 27.1. The highest BCUT2D eigenvalue weighted by Gasteiger charge is 2.29. The molecule has 0 aliphatic carbocycles. The quantitative estimate of drug-likeness (QED) is 0.533. The predicted octanol–water partition coefficient (Wildman–Crippen LogP) is 3.39. The Bertz CT molecular complexity index is 1250. The van der Waals surface area contributed by atoms with E-state index in [1.165, 1.54) is 6.07 Å². The molecule has 0 radical (unpaired) electrons. The highest BCUT2D eigenvalue weighted by Crippen LogP contribution is 2.25. The summed E-state index contributed by atoms with van der Waals surface area (Å²) in [6, 6.07) is 14.3. The van der Waals surface area contributed by atoms with Crippen molar-refractivity contribution in [1.29, 1.82) is 0 Å². The number of rotatable bonds is 7. The van der Waals surface area contributed by atoms with Crippen LogP contribution >= 0.6 is 0 Å².